The highest BCUT2D eigenvalue weighted by atomic mass is 32.2. The van der Waals surface area contributed by atoms with Crippen LogP contribution in [0.2, 0.25) is 0 Å². The molecule has 1 fully saturated rings. The Bertz CT molecular complexity index is 1170. The van der Waals surface area contributed by atoms with Gasteiger partial charge in [0, 0.05) is 6.42 Å². The number of hydrogen-bond acceptors (Lipinski definition) is 5. The fourth-order valence-electron chi connectivity index (χ4n) is 3.30. The molecule has 8 heteroatoms. The Hall–Kier alpha value is -3.65. The van der Waals surface area contributed by atoms with Gasteiger partial charge in [-0.2, -0.15) is 0 Å². The molecular weight excluding hydrogens is 441 g/mol. The van der Waals surface area contributed by atoms with Gasteiger partial charge in [0.1, 0.15) is 16.8 Å². The number of carbonyl (C=O) groups is 2. The Labute approximate surface area is 195 Å². The number of benzene rings is 3. The number of ether oxygens (including phenoxy) is 1. The van der Waals surface area contributed by atoms with E-state index in [2.05, 4.69) is 10.3 Å². The van der Waals surface area contributed by atoms with Crippen molar-refractivity contribution in [2.45, 2.75) is 18.2 Å². The minimum Gasteiger partial charge on any atom is -0.497 e. The van der Waals surface area contributed by atoms with Crippen molar-refractivity contribution in [1.29, 1.82) is 0 Å². The van der Waals surface area contributed by atoms with E-state index in [4.69, 9.17) is 4.74 Å². The minimum atomic E-state index is -0.730. The van der Waals surface area contributed by atoms with Crippen molar-refractivity contribution < 1.29 is 18.7 Å². The first-order valence-corrected chi connectivity index (χ1v) is 11.2. The molecule has 1 unspecified atom stereocenters. The molecule has 1 atom stereocenters. The maximum Gasteiger partial charge on any atom is 0.238 e. The second-order valence-corrected chi connectivity index (χ2v) is 8.51. The summed E-state index contributed by atoms with van der Waals surface area (Å²) in [4.78, 5) is 32.2. The number of thioether (sulfide) groups is 1. The van der Waals surface area contributed by atoms with Gasteiger partial charge in [-0.1, -0.05) is 54.2 Å². The van der Waals surface area contributed by atoms with Gasteiger partial charge in [0.05, 0.1) is 25.0 Å². The molecule has 0 aromatic heterocycles. The van der Waals surface area contributed by atoms with Crippen molar-refractivity contribution in [3.05, 3.63) is 90.2 Å². The van der Waals surface area contributed by atoms with Crippen LogP contribution in [0.1, 0.15) is 12.0 Å². The lowest BCUT2D eigenvalue weighted by atomic mass is 10.2. The van der Waals surface area contributed by atoms with E-state index in [0.717, 1.165) is 11.3 Å². The molecule has 6 nitrogen and oxygen atoms in total. The number of amides is 2. The number of nitrogens with zero attached hydrogens (tertiary/aromatic N) is 2. The third-order valence-electron chi connectivity index (χ3n) is 5.04. The molecule has 0 spiro atoms. The molecule has 1 N–H and O–H groups in total. The zero-order valence-corrected chi connectivity index (χ0v) is 18.7. The molecular formula is C25H22FN3O3S. The van der Waals surface area contributed by atoms with E-state index < -0.39 is 17.0 Å². The zero-order chi connectivity index (χ0) is 23.2. The first-order chi connectivity index (χ1) is 16.0. The van der Waals surface area contributed by atoms with Gasteiger partial charge in [0.15, 0.2) is 5.17 Å². The van der Waals surface area contributed by atoms with Crippen LogP contribution in [0.25, 0.3) is 0 Å². The van der Waals surface area contributed by atoms with E-state index >= 15 is 0 Å². The largest absolute Gasteiger partial charge is 0.497 e. The van der Waals surface area contributed by atoms with Crippen molar-refractivity contribution in [1.82, 2.24) is 4.90 Å². The summed E-state index contributed by atoms with van der Waals surface area (Å²) in [5.41, 5.74) is 1.65. The van der Waals surface area contributed by atoms with E-state index in [9.17, 15) is 14.0 Å². The van der Waals surface area contributed by atoms with Gasteiger partial charge in [-0.3, -0.25) is 14.5 Å². The third kappa shape index (κ3) is 5.59. The summed E-state index contributed by atoms with van der Waals surface area (Å²) in [6, 6.07) is 22.6. The van der Waals surface area contributed by atoms with Crippen LogP contribution in [0.5, 0.6) is 5.75 Å². The molecule has 3 aromatic carbocycles. The predicted octanol–water partition coefficient (Wildman–Crippen LogP) is 4.99. The third-order valence-corrected chi connectivity index (χ3v) is 6.23. The second-order valence-electron chi connectivity index (χ2n) is 7.34. The predicted molar refractivity (Wildman–Crippen MR) is 128 cm³/mol. The SMILES string of the molecule is COc1ccc(CN2C(=O)CC(C(=O)Nc3ccccc3F)SC2=Nc2ccccc2)cc1. The molecule has 1 aliphatic heterocycles. The van der Waals surface area contributed by atoms with Crippen molar-refractivity contribution >= 4 is 40.1 Å². The number of halogens is 1. The van der Waals surface area contributed by atoms with Gasteiger partial charge < -0.3 is 10.1 Å². The lowest BCUT2D eigenvalue weighted by Crippen LogP contribution is -2.44. The molecule has 1 aliphatic rings. The van der Waals surface area contributed by atoms with Crippen LogP contribution >= 0.6 is 11.8 Å². The average molecular weight is 464 g/mol. The summed E-state index contributed by atoms with van der Waals surface area (Å²) >= 11 is 1.19. The fraction of sp³-hybridized carbons (Fsp3) is 0.160. The number of nitrogens with one attached hydrogen (secondary N) is 1. The number of para-hydroxylation sites is 2. The Balaban J connectivity index is 1.58. The summed E-state index contributed by atoms with van der Waals surface area (Å²) in [5, 5.41) is 2.28. The smallest absolute Gasteiger partial charge is 0.238 e. The Kier molecular flexibility index (Phi) is 7.04. The molecule has 168 valence electrons. The molecule has 2 amide bonds. The molecule has 0 radical (unpaired) electrons. The summed E-state index contributed by atoms with van der Waals surface area (Å²) in [5.74, 6) is -0.477. The van der Waals surface area contributed by atoms with Crippen LogP contribution in [-0.4, -0.2) is 34.2 Å². The number of rotatable bonds is 6. The quantitative estimate of drug-likeness (QED) is 0.559. The van der Waals surface area contributed by atoms with Crippen LogP contribution in [-0.2, 0) is 16.1 Å². The van der Waals surface area contributed by atoms with E-state index in [1.54, 1.807) is 24.1 Å². The Morgan fingerprint density at radius 3 is 2.48 bits per heavy atom. The fourth-order valence-corrected chi connectivity index (χ4v) is 4.40. The molecule has 33 heavy (non-hydrogen) atoms. The Morgan fingerprint density at radius 1 is 1.09 bits per heavy atom. The van der Waals surface area contributed by atoms with Crippen LogP contribution in [0.15, 0.2) is 83.9 Å². The molecule has 0 bridgehead atoms. The summed E-state index contributed by atoms with van der Waals surface area (Å²) in [6.07, 6.45) is -0.0189. The molecule has 1 heterocycles. The van der Waals surface area contributed by atoms with Gasteiger partial charge in [-0.25, -0.2) is 9.38 Å². The summed E-state index contributed by atoms with van der Waals surface area (Å²) < 4.78 is 19.2. The van der Waals surface area contributed by atoms with Crippen molar-refractivity contribution in [3.8, 4) is 5.75 Å². The molecule has 1 saturated heterocycles. The number of anilines is 1. The topological polar surface area (TPSA) is 71.0 Å². The van der Waals surface area contributed by atoms with E-state index in [1.165, 1.54) is 23.9 Å². The van der Waals surface area contributed by atoms with Crippen molar-refractivity contribution in [2.75, 3.05) is 12.4 Å². The molecule has 3 aromatic rings. The van der Waals surface area contributed by atoms with Crippen LogP contribution in [0.3, 0.4) is 0 Å². The van der Waals surface area contributed by atoms with Gasteiger partial charge in [-0.05, 0) is 42.0 Å². The summed E-state index contributed by atoms with van der Waals surface area (Å²) in [6.45, 7) is 0.309. The number of amidine groups is 1. The van der Waals surface area contributed by atoms with E-state index in [0.29, 0.717) is 17.4 Å². The van der Waals surface area contributed by atoms with E-state index in [-0.39, 0.29) is 18.0 Å². The lowest BCUT2D eigenvalue weighted by molar-refractivity contribution is -0.129. The maximum absolute atomic E-state index is 14.0. The van der Waals surface area contributed by atoms with Crippen molar-refractivity contribution in [3.63, 3.8) is 0 Å². The monoisotopic (exact) mass is 463 g/mol. The van der Waals surface area contributed by atoms with Crippen LogP contribution in [0, 0.1) is 5.82 Å². The second kappa shape index (κ2) is 10.3. The normalized spacial score (nSPS) is 17.2. The van der Waals surface area contributed by atoms with Gasteiger partial charge in [0.25, 0.3) is 0 Å². The maximum atomic E-state index is 14.0. The van der Waals surface area contributed by atoms with Gasteiger partial charge in [-0.15, -0.1) is 0 Å². The number of aliphatic imine (C=N–C) groups is 1. The van der Waals surface area contributed by atoms with Gasteiger partial charge in [0.2, 0.25) is 11.8 Å². The first-order valence-electron chi connectivity index (χ1n) is 10.3. The van der Waals surface area contributed by atoms with E-state index in [1.807, 2.05) is 54.6 Å². The average Bonchev–Trinajstić information content (AvgIpc) is 2.83. The molecule has 4 rings (SSSR count). The summed E-state index contributed by atoms with van der Waals surface area (Å²) in [7, 11) is 1.59. The van der Waals surface area contributed by atoms with Crippen molar-refractivity contribution in [2.24, 2.45) is 4.99 Å². The lowest BCUT2D eigenvalue weighted by Gasteiger charge is -2.32. The number of carbonyl (C=O) groups excluding carboxylic acids is 2. The standard InChI is InChI=1S/C25H22FN3O3S/c1-32-19-13-11-17(12-14-19)16-29-23(30)15-22(24(31)28-21-10-6-5-9-20(21)26)33-25(29)27-18-7-3-2-4-8-18/h2-14,22H,15-16H2,1H3,(H,28,31). The zero-order valence-electron chi connectivity index (χ0n) is 17.9. The van der Waals surface area contributed by atoms with Crippen LogP contribution < -0.4 is 10.1 Å². The highest BCUT2D eigenvalue weighted by Gasteiger charge is 2.36. The number of hydrogen-bond donors (Lipinski definition) is 1. The number of methoxy groups -OCH3 is 1. The van der Waals surface area contributed by atoms with Gasteiger partial charge >= 0.3 is 0 Å². The van der Waals surface area contributed by atoms with Crippen LogP contribution in [0.4, 0.5) is 15.8 Å². The minimum absolute atomic E-state index is 0.0189. The first kappa shape index (κ1) is 22.5. The molecule has 0 saturated carbocycles. The highest BCUT2D eigenvalue weighted by molar-refractivity contribution is 8.15. The Morgan fingerprint density at radius 2 is 1.79 bits per heavy atom. The molecule has 0 aliphatic carbocycles. The highest BCUT2D eigenvalue weighted by Crippen LogP contribution is 2.31.